The minimum absolute atomic E-state index is 0.00112. The van der Waals surface area contributed by atoms with Gasteiger partial charge in [0, 0.05) is 0 Å². The molecular weight excluding hydrogens is 252 g/mol. The molecule has 3 nitrogen and oxygen atoms in total. The van der Waals surface area contributed by atoms with Gasteiger partial charge in [-0.3, -0.25) is 0 Å². The Hall–Kier alpha value is -1.06. The van der Waals surface area contributed by atoms with Gasteiger partial charge in [-0.15, -0.1) is 0 Å². The maximum Gasteiger partial charge on any atom is 0.119 e. The molecule has 2 rings (SSSR count). The molecule has 0 amide bonds. The molecule has 0 aromatic heterocycles. The Bertz CT molecular complexity index is 409. The highest BCUT2D eigenvalue weighted by atomic mass is 16.6. The lowest BCUT2D eigenvalue weighted by molar-refractivity contribution is -0.0326. The largest absolute Gasteiger partial charge is 0.491 e. The Labute approximate surface area is 121 Å². The number of benzene rings is 1. The van der Waals surface area contributed by atoms with Gasteiger partial charge in [-0.05, 0) is 64.2 Å². The quantitative estimate of drug-likeness (QED) is 0.867. The van der Waals surface area contributed by atoms with Crippen molar-refractivity contribution >= 4 is 0 Å². The summed E-state index contributed by atoms with van der Waals surface area (Å²) in [6.07, 6.45) is 3.83. The van der Waals surface area contributed by atoms with Crippen LogP contribution >= 0.6 is 0 Å². The topological polar surface area (TPSA) is 38.7 Å². The molecule has 1 fully saturated rings. The molecule has 1 saturated heterocycles. The molecule has 1 aromatic carbocycles. The van der Waals surface area contributed by atoms with Crippen molar-refractivity contribution in [1.29, 1.82) is 0 Å². The van der Waals surface area contributed by atoms with E-state index >= 15 is 0 Å². The molecule has 1 aromatic rings. The highest BCUT2D eigenvalue weighted by Crippen LogP contribution is 2.29. The van der Waals surface area contributed by atoms with E-state index in [2.05, 4.69) is 26.0 Å². The molecule has 112 valence electrons. The lowest BCUT2D eigenvalue weighted by Crippen LogP contribution is -2.23. The van der Waals surface area contributed by atoms with E-state index in [0.717, 1.165) is 31.4 Å². The second-order valence-electron chi connectivity index (χ2n) is 6.38. The Balaban J connectivity index is 1.76. The molecular formula is C17H26O3. The second-order valence-corrected chi connectivity index (χ2v) is 6.38. The maximum absolute atomic E-state index is 9.28. The van der Waals surface area contributed by atoms with Gasteiger partial charge in [0.2, 0.25) is 0 Å². The fourth-order valence-electron chi connectivity index (χ4n) is 2.51. The summed E-state index contributed by atoms with van der Waals surface area (Å²) in [5.41, 5.74) is 1.23. The van der Waals surface area contributed by atoms with Gasteiger partial charge in [0.1, 0.15) is 12.4 Å². The third-order valence-corrected chi connectivity index (χ3v) is 3.76. The zero-order chi connectivity index (χ0) is 14.6. The first kappa shape index (κ1) is 15.3. The second kappa shape index (κ2) is 6.59. The normalized spacial score (nSPS) is 22.7. The summed E-state index contributed by atoms with van der Waals surface area (Å²) in [4.78, 5) is 0. The molecule has 1 aliphatic rings. The molecule has 3 heteroatoms. The summed E-state index contributed by atoms with van der Waals surface area (Å²) in [7, 11) is 0. The summed E-state index contributed by atoms with van der Waals surface area (Å²) < 4.78 is 11.7. The van der Waals surface area contributed by atoms with E-state index in [1.807, 2.05) is 19.1 Å². The fourth-order valence-corrected chi connectivity index (χ4v) is 2.51. The molecule has 2 atom stereocenters. The van der Waals surface area contributed by atoms with Crippen molar-refractivity contribution in [2.75, 3.05) is 6.61 Å². The minimum atomic E-state index is -0.242. The van der Waals surface area contributed by atoms with Crippen molar-refractivity contribution in [2.45, 2.75) is 64.3 Å². The third-order valence-electron chi connectivity index (χ3n) is 3.76. The van der Waals surface area contributed by atoms with Gasteiger partial charge in [-0.1, -0.05) is 12.1 Å². The molecule has 2 unspecified atom stereocenters. The molecule has 1 N–H and O–H groups in total. The molecule has 0 aliphatic carbocycles. The highest BCUT2D eigenvalue weighted by molar-refractivity contribution is 5.27. The SMILES string of the molecule is CC(O)CCc1ccc(OCC2CCC(C)(C)O2)cc1. The van der Waals surface area contributed by atoms with Crippen molar-refractivity contribution in [3.63, 3.8) is 0 Å². The van der Waals surface area contributed by atoms with Crippen LogP contribution < -0.4 is 4.74 Å². The molecule has 0 radical (unpaired) electrons. The van der Waals surface area contributed by atoms with Crippen molar-refractivity contribution < 1.29 is 14.6 Å². The predicted octanol–water partition coefficient (Wildman–Crippen LogP) is 3.34. The van der Waals surface area contributed by atoms with Crippen LogP contribution in [0.25, 0.3) is 0 Å². The zero-order valence-corrected chi connectivity index (χ0v) is 12.8. The fraction of sp³-hybridized carbons (Fsp3) is 0.647. The maximum atomic E-state index is 9.28. The number of hydrogen-bond acceptors (Lipinski definition) is 3. The van der Waals surface area contributed by atoms with Gasteiger partial charge in [-0.2, -0.15) is 0 Å². The van der Waals surface area contributed by atoms with E-state index in [9.17, 15) is 5.11 Å². The number of aliphatic hydroxyl groups is 1. The van der Waals surface area contributed by atoms with Crippen molar-refractivity contribution in [3.8, 4) is 5.75 Å². The summed E-state index contributed by atoms with van der Waals surface area (Å²) in [6.45, 7) is 6.70. The Morgan fingerprint density at radius 2 is 2.05 bits per heavy atom. The van der Waals surface area contributed by atoms with Crippen LogP contribution in [-0.4, -0.2) is 29.5 Å². The van der Waals surface area contributed by atoms with E-state index in [0.29, 0.717) is 6.61 Å². The average Bonchev–Trinajstić information content (AvgIpc) is 2.75. The Morgan fingerprint density at radius 3 is 2.60 bits per heavy atom. The summed E-state index contributed by atoms with van der Waals surface area (Å²) >= 11 is 0. The number of aliphatic hydroxyl groups excluding tert-OH is 1. The van der Waals surface area contributed by atoms with E-state index in [1.165, 1.54) is 5.56 Å². The highest BCUT2D eigenvalue weighted by Gasteiger charge is 2.31. The molecule has 1 heterocycles. The van der Waals surface area contributed by atoms with Gasteiger partial charge >= 0.3 is 0 Å². The Morgan fingerprint density at radius 1 is 1.35 bits per heavy atom. The molecule has 1 aliphatic heterocycles. The summed E-state index contributed by atoms with van der Waals surface area (Å²) in [5.74, 6) is 0.888. The van der Waals surface area contributed by atoms with Crippen molar-refractivity contribution in [3.05, 3.63) is 29.8 Å². The van der Waals surface area contributed by atoms with Gasteiger partial charge in [0.25, 0.3) is 0 Å². The third kappa shape index (κ3) is 4.80. The van der Waals surface area contributed by atoms with Crippen molar-refractivity contribution in [2.24, 2.45) is 0 Å². The van der Waals surface area contributed by atoms with Gasteiger partial charge in [0.05, 0.1) is 17.8 Å². The smallest absolute Gasteiger partial charge is 0.119 e. The first-order chi connectivity index (χ1) is 9.44. The van der Waals surface area contributed by atoms with Crippen LogP contribution in [0.3, 0.4) is 0 Å². The van der Waals surface area contributed by atoms with Crippen LogP contribution in [0, 0.1) is 0 Å². The average molecular weight is 278 g/mol. The molecule has 0 spiro atoms. The molecule has 0 saturated carbocycles. The number of aryl methyl sites for hydroxylation is 1. The van der Waals surface area contributed by atoms with E-state index in [4.69, 9.17) is 9.47 Å². The number of rotatable bonds is 6. The van der Waals surface area contributed by atoms with Crippen molar-refractivity contribution in [1.82, 2.24) is 0 Å². The monoisotopic (exact) mass is 278 g/mol. The van der Waals surface area contributed by atoms with E-state index in [-0.39, 0.29) is 17.8 Å². The van der Waals surface area contributed by atoms with Gasteiger partial charge < -0.3 is 14.6 Å². The lowest BCUT2D eigenvalue weighted by atomic mass is 10.1. The number of ether oxygens (including phenoxy) is 2. The first-order valence-corrected chi connectivity index (χ1v) is 7.52. The Kier molecular flexibility index (Phi) is 5.06. The van der Waals surface area contributed by atoms with Crippen LogP contribution in [0.1, 0.15) is 45.6 Å². The zero-order valence-electron chi connectivity index (χ0n) is 12.8. The van der Waals surface area contributed by atoms with Gasteiger partial charge in [-0.25, -0.2) is 0 Å². The van der Waals surface area contributed by atoms with E-state index < -0.39 is 0 Å². The predicted molar refractivity (Wildman–Crippen MR) is 80.1 cm³/mol. The number of hydrogen-bond donors (Lipinski definition) is 1. The van der Waals surface area contributed by atoms with Crippen LogP contribution in [0.2, 0.25) is 0 Å². The van der Waals surface area contributed by atoms with Crippen LogP contribution in [-0.2, 0) is 11.2 Å². The van der Waals surface area contributed by atoms with E-state index in [1.54, 1.807) is 0 Å². The van der Waals surface area contributed by atoms with Crippen LogP contribution in [0.4, 0.5) is 0 Å². The summed E-state index contributed by atoms with van der Waals surface area (Å²) in [6, 6.07) is 8.13. The van der Waals surface area contributed by atoms with Crippen LogP contribution in [0.15, 0.2) is 24.3 Å². The first-order valence-electron chi connectivity index (χ1n) is 7.52. The molecule has 0 bridgehead atoms. The molecule has 20 heavy (non-hydrogen) atoms. The standard InChI is InChI=1S/C17H26O3/c1-13(18)4-5-14-6-8-15(9-7-14)19-12-16-10-11-17(2,3)20-16/h6-9,13,16,18H,4-5,10-12H2,1-3H3. The van der Waals surface area contributed by atoms with Gasteiger partial charge in [0.15, 0.2) is 0 Å². The summed E-state index contributed by atoms with van der Waals surface area (Å²) in [5, 5.41) is 9.28. The lowest BCUT2D eigenvalue weighted by Gasteiger charge is -2.19. The van der Waals surface area contributed by atoms with Crippen LogP contribution in [0.5, 0.6) is 5.75 Å². The minimum Gasteiger partial charge on any atom is -0.491 e.